The van der Waals surface area contributed by atoms with Crippen molar-refractivity contribution in [3.8, 4) is 11.8 Å². The molecule has 0 aliphatic carbocycles. The molecule has 2 atom stereocenters. The molecule has 2 rings (SSSR count). The number of ether oxygens (including phenoxy) is 1. The summed E-state index contributed by atoms with van der Waals surface area (Å²) >= 11 is 0. The van der Waals surface area contributed by atoms with Gasteiger partial charge in [-0.3, -0.25) is 4.79 Å². The van der Waals surface area contributed by atoms with Crippen molar-refractivity contribution >= 4 is 5.91 Å². The Labute approximate surface area is 125 Å². The van der Waals surface area contributed by atoms with Gasteiger partial charge in [0.05, 0.1) is 5.56 Å². The summed E-state index contributed by atoms with van der Waals surface area (Å²) in [6.07, 6.45) is -0.592. The average molecular weight is 287 g/mol. The van der Waals surface area contributed by atoms with Crippen molar-refractivity contribution in [1.82, 2.24) is 9.80 Å². The first-order chi connectivity index (χ1) is 10.0. The van der Waals surface area contributed by atoms with Gasteiger partial charge in [0, 0.05) is 25.7 Å². The number of para-hydroxylation sites is 1. The maximum atomic E-state index is 12.5. The molecule has 1 fully saturated rings. The van der Waals surface area contributed by atoms with Crippen LogP contribution >= 0.6 is 0 Å². The van der Waals surface area contributed by atoms with E-state index in [1.54, 1.807) is 31.2 Å². The number of likely N-dealkylation sites (N-methyl/N-ethyl adjacent to an activating group) is 1. The van der Waals surface area contributed by atoms with Crippen LogP contribution in [0.1, 0.15) is 19.4 Å². The molecule has 2 unspecified atom stereocenters. The number of hydrogen-bond acceptors (Lipinski definition) is 4. The lowest BCUT2D eigenvalue weighted by Crippen LogP contribution is -2.55. The fourth-order valence-corrected chi connectivity index (χ4v) is 2.60. The van der Waals surface area contributed by atoms with Crippen LogP contribution in [-0.4, -0.2) is 54.5 Å². The first-order valence-corrected chi connectivity index (χ1v) is 7.17. The lowest BCUT2D eigenvalue weighted by atomic mass is 10.1. The molecule has 0 bridgehead atoms. The minimum absolute atomic E-state index is 0.0247. The third-order valence-electron chi connectivity index (χ3n) is 3.77. The Balaban J connectivity index is 2.04. The fraction of sp³-hybridized carbons (Fsp3) is 0.500. The van der Waals surface area contributed by atoms with Crippen LogP contribution in [0.15, 0.2) is 24.3 Å². The summed E-state index contributed by atoms with van der Waals surface area (Å²) in [5.41, 5.74) is 0.448. The Morgan fingerprint density at radius 1 is 1.43 bits per heavy atom. The third kappa shape index (κ3) is 3.53. The molecule has 1 amide bonds. The predicted molar refractivity (Wildman–Crippen MR) is 79.9 cm³/mol. The zero-order valence-corrected chi connectivity index (χ0v) is 12.7. The van der Waals surface area contributed by atoms with Gasteiger partial charge in [-0.25, -0.2) is 0 Å². The van der Waals surface area contributed by atoms with Crippen LogP contribution < -0.4 is 4.74 Å². The number of benzene rings is 1. The number of rotatable bonds is 3. The quantitative estimate of drug-likeness (QED) is 0.845. The van der Waals surface area contributed by atoms with Crippen LogP contribution in [0.3, 0.4) is 0 Å². The minimum Gasteiger partial charge on any atom is -0.480 e. The van der Waals surface area contributed by atoms with Gasteiger partial charge in [-0.1, -0.05) is 12.1 Å². The number of nitriles is 1. The molecule has 0 radical (unpaired) electrons. The number of hydrogen-bond donors (Lipinski definition) is 0. The van der Waals surface area contributed by atoms with Crippen molar-refractivity contribution in [2.24, 2.45) is 0 Å². The molecule has 1 heterocycles. The van der Waals surface area contributed by atoms with Gasteiger partial charge in [0.25, 0.3) is 5.91 Å². The zero-order valence-electron chi connectivity index (χ0n) is 12.7. The molecule has 0 aromatic heterocycles. The van der Waals surface area contributed by atoms with E-state index >= 15 is 0 Å². The highest BCUT2D eigenvalue weighted by molar-refractivity contribution is 5.81. The van der Waals surface area contributed by atoms with E-state index in [0.29, 0.717) is 17.9 Å². The molecular weight excluding hydrogens is 266 g/mol. The summed E-state index contributed by atoms with van der Waals surface area (Å²) in [6, 6.07) is 9.23. The molecule has 0 saturated carbocycles. The maximum Gasteiger partial charge on any atom is 0.263 e. The summed E-state index contributed by atoms with van der Waals surface area (Å²) in [5, 5.41) is 9.06. The highest BCUT2D eigenvalue weighted by Gasteiger charge is 2.30. The fourth-order valence-electron chi connectivity index (χ4n) is 2.60. The monoisotopic (exact) mass is 287 g/mol. The van der Waals surface area contributed by atoms with Crippen molar-refractivity contribution in [2.45, 2.75) is 26.0 Å². The topological polar surface area (TPSA) is 56.6 Å². The number of amides is 1. The van der Waals surface area contributed by atoms with Crippen LogP contribution in [0.25, 0.3) is 0 Å². The lowest BCUT2D eigenvalue weighted by Gasteiger charge is -2.39. The van der Waals surface area contributed by atoms with Crippen LogP contribution in [0.5, 0.6) is 5.75 Å². The smallest absolute Gasteiger partial charge is 0.263 e. The van der Waals surface area contributed by atoms with Gasteiger partial charge in [-0.15, -0.1) is 0 Å². The number of carbonyl (C=O) groups excluding carboxylic acids is 1. The van der Waals surface area contributed by atoms with Gasteiger partial charge in [0.2, 0.25) is 0 Å². The van der Waals surface area contributed by atoms with Crippen LogP contribution in [0.2, 0.25) is 0 Å². The van der Waals surface area contributed by atoms with E-state index in [-0.39, 0.29) is 11.9 Å². The molecule has 1 aliphatic heterocycles. The van der Waals surface area contributed by atoms with Crippen LogP contribution in [-0.2, 0) is 4.79 Å². The van der Waals surface area contributed by atoms with Gasteiger partial charge in [0.15, 0.2) is 6.10 Å². The predicted octanol–water partition coefficient (Wildman–Crippen LogP) is 1.49. The Kier molecular flexibility index (Phi) is 4.81. The summed E-state index contributed by atoms with van der Waals surface area (Å²) in [7, 11) is 2.06. The molecule has 1 aromatic carbocycles. The molecule has 21 heavy (non-hydrogen) atoms. The molecule has 1 aliphatic rings. The lowest BCUT2D eigenvalue weighted by molar-refractivity contribution is -0.142. The Morgan fingerprint density at radius 2 is 2.14 bits per heavy atom. The van der Waals surface area contributed by atoms with E-state index in [2.05, 4.69) is 18.0 Å². The van der Waals surface area contributed by atoms with Crippen molar-refractivity contribution in [3.63, 3.8) is 0 Å². The van der Waals surface area contributed by atoms with E-state index in [9.17, 15) is 4.79 Å². The summed E-state index contributed by atoms with van der Waals surface area (Å²) < 4.78 is 5.70. The second kappa shape index (κ2) is 6.59. The van der Waals surface area contributed by atoms with E-state index in [1.807, 2.05) is 11.8 Å². The van der Waals surface area contributed by atoms with Crippen molar-refractivity contribution in [1.29, 1.82) is 5.26 Å². The van der Waals surface area contributed by atoms with Gasteiger partial charge in [-0.2, -0.15) is 5.26 Å². The first kappa shape index (κ1) is 15.3. The molecule has 5 heteroatoms. The molecule has 1 aromatic rings. The molecule has 0 spiro atoms. The summed E-state index contributed by atoms with van der Waals surface area (Å²) in [5.74, 6) is 0.436. The van der Waals surface area contributed by atoms with Crippen molar-refractivity contribution < 1.29 is 9.53 Å². The molecular formula is C16H21N3O2. The van der Waals surface area contributed by atoms with Gasteiger partial charge >= 0.3 is 0 Å². The highest BCUT2D eigenvalue weighted by Crippen LogP contribution is 2.19. The molecule has 0 N–H and O–H groups in total. The molecule has 112 valence electrons. The van der Waals surface area contributed by atoms with E-state index in [0.717, 1.165) is 13.1 Å². The van der Waals surface area contributed by atoms with Gasteiger partial charge in [0.1, 0.15) is 11.8 Å². The van der Waals surface area contributed by atoms with Crippen LogP contribution in [0.4, 0.5) is 0 Å². The highest BCUT2D eigenvalue weighted by atomic mass is 16.5. The van der Waals surface area contributed by atoms with Crippen LogP contribution in [0, 0.1) is 11.3 Å². The molecule has 1 saturated heterocycles. The molecule has 5 nitrogen and oxygen atoms in total. The second-order valence-corrected chi connectivity index (χ2v) is 5.51. The van der Waals surface area contributed by atoms with Gasteiger partial charge in [-0.05, 0) is 33.0 Å². The van der Waals surface area contributed by atoms with E-state index in [4.69, 9.17) is 10.00 Å². The Bertz CT molecular complexity index is 553. The first-order valence-electron chi connectivity index (χ1n) is 7.17. The number of nitrogens with zero attached hydrogens (tertiary/aromatic N) is 3. The minimum atomic E-state index is -0.592. The number of carbonyl (C=O) groups is 1. The Morgan fingerprint density at radius 3 is 2.81 bits per heavy atom. The SMILES string of the molecule is CC(Oc1ccccc1C#N)C(=O)N1CCN(C)CC1C. The average Bonchev–Trinajstić information content (AvgIpc) is 2.47. The van der Waals surface area contributed by atoms with E-state index in [1.165, 1.54) is 0 Å². The summed E-state index contributed by atoms with van der Waals surface area (Å²) in [4.78, 5) is 16.6. The Hall–Kier alpha value is -2.06. The van der Waals surface area contributed by atoms with Gasteiger partial charge < -0.3 is 14.5 Å². The third-order valence-corrected chi connectivity index (χ3v) is 3.77. The largest absolute Gasteiger partial charge is 0.480 e. The van der Waals surface area contributed by atoms with Crippen molar-refractivity contribution in [3.05, 3.63) is 29.8 Å². The standard InChI is InChI=1S/C16H21N3O2/c1-12-11-18(3)8-9-19(12)16(20)13(2)21-15-7-5-4-6-14(15)10-17/h4-7,12-13H,8-9,11H2,1-3H3. The second-order valence-electron chi connectivity index (χ2n) is 5.51. The van der Waals surface area contributed by atoms with E-state index < -0.39 is 6.10 Å². The number of piperazine rings is 1. The zero-order chi connectivity index (χ0) is 15.4. The van der Waals surface area contributed by atoms with Crippen molar-refractivity contribution in [2.75, 3.05) is 26.7 Å². The maximum absolute atomic E-state index is 12.5. The summed E-state index contributed by atoms with van der Waals surface area (Å²) in [6.45, 7) is 6.24. The normalized spacial score (nSPS) is 20.7.